The van der Waals surface area contributed by atoms with Crippen molar-refractivity contribution in [3.05, 3.63) is 80.2 Å². The van der Waals surface area contributed by atoms with Gasteiger partial charge in [0.2, 0.25) is 4.80 Å². The van der Waals surface area contributed by atoms with Crippen LogP contribution in [0.15, 0.2) is 64.1 Å². The zero-order valence-corrected chi connectivity index (χ0v) is 15.6. The molecule has 6 nitrogen and oxygen atoms in total. The average molecular weight is 384 g/mol. The first-order chi connectivity index (χ1) is 13.0. The molecule has 0 fully saturated rings. The highest BCUT2D eigenvalue weighted by Gasteiger charge is 2.11. The fourth-order valence-electron chi connectivity index (χ4n) is 2.59. The minimum absolute atomic E-state index is 0.0463. The van der Waals surface area contributed by atoms with Gasteiger partial charge in [-0.05, 0) is 31.5 Å². The van der Waals surface area contributed by atoms with Crippen LogP contribution in [0.4, 0.5) is 10.1 Å². The third-order valence-electron chi connectivity index (χ3n) is 4.01. The van der Waals surface area contributed by atoms with Gasteiger partial charge in [-0.15, -0.1) is 16.4 Å². The van der Waals surface area contributed by atoms with E-state index in [-0.39, 0.29) is 11.5 Å². The molecule has 0 bridgehead atoms. The van der Waals surface area contributed by atoms with Crippen LogP contribution in [0.3, 0.4) is 0 Å². The molecular formula is C19H17FN4O2S. The van der Waals surface area contributed by atoms with Gasteiger partial charge in [0.15, 0.2) is 0 Å². The Labute approximate surface area is 159 Å². The molecule has 0 atom stereocenters. The maximum Gasteiger partial charge on any atom is 0.270 e. The number of nitro benzene ring substituents is 1. The number of aromatic nitrogens is 1. The molecule has 0 unspecified atom stereocenters. The number of halogens is 1. The smallest absolute Gasteiger partial charge is 0.270 e. The van der Waals surface area contributed by atoms with Gasteiger partial charge in [-0.25, -0.2) is 4.39 Å². The van der Waals surface area contributed by atoms with Crippen LogP contribution >= 0.6 is 11.3 Å². The third kappa shape index (κ3) is 4.17. The molecule has 0 spiro atoms. The second kappa shape index (κ2) is 8.05. The third-order valence-corrected chi connectivity index (χ3v) is 4.87. The minimum Gasteiger partial charge on any atom is -0.315 e. The molecule has 1 heterocycles. The van der Waals surface area contributed by atoms with Crippen LogP contribution in [0.1, 0.15) is 19.4 Å². The Kier molecular flexibility index (Phi) is 5.56. The molecular weight excluding hydrogens is 367 g/mol. The number of hydrogen-bond donors (Lipinski definition) is 0. The van der Waals surface area contributed by atoms with Crippen molar-refractivity contribution in [1.29, 1.82) is 0 Å². The summed E-state index contributed by atoms with van der Waals surface area (Å²) in [6.07, 6.45) is 0. The monoisotopic (exact) mass is 384 g/mol. The number of benzene rings is 2. The summed E-state index contributed by atoms with van der Waals surface area (Å²) in [7, 11) is 0. The molecule has 27 heavy (non-hydrogen) atoms. The molecule has 0 radical (unpaired) electrons. The molecule has 3 aromatic rings. The molecule has 8 heteroatoms. The van der Waals surface area contributed by atoms with Crippen molar-refractivity contribution in [3.8, 4) is 11.3 Å². The van der Waals surface area contributed by atoms with Crippen LogP contribution in [0, 0.1) is 15.9 Å². The largest absolute Gasteiger partial charge is 0.315 e. The summed E-state index contributed by atoms with van der Waals surface area (Å²) < 4.78 is 15.0. The number of nitro groups is 1. The number of rotatable bonds is 5. The van der Waals surface area contributed by atoms with Crippen molar-refractivity contribution in [2.75, 3.05) is 0 Å². The fraction of sp³-hybridized carbons (Fsp3) is 0.158. The van der Waals surface area contributed by atoms with E-state index in [0.29, 0.717) is 17.1 Å². The Morgan fingerprint density at radius 3 is 2.67 bits per heavy atom. The van der Waals surface area contributed by atoms with Crippen molar-refractivity contribution >= 4 is 22.7 Å². The predicted molar refractivity (Wildman–Crippen MR) is 104 cm³/mol. The summed E-state index contributed by atoms with van der Waals surface area (Å²) in [5, 5.41) is 21.5. The summed E-state index contributed by atoms with van der Waals surface area (Å²) >= 11 is 1.41. The molecule has 0 aliphatic carbocycles. The average Bonchev–Trinajstić information content (AvgIpc) is 3.09. The van der Waals surface area contributed by atoms with Gasteiger partial charge in [-0.2, -0.15) is 5.10 Å². The fourth-order valence-corrected chi connectivity index (χ4v) is 3.51. The van der Waals surface area contributed by atoms with Crippen molar-refractivity contribution < 1.29 is 9.31 Å². The Balaban J connectivity index is 1.99. The van der Waals surface area contributed by atoms with Gasteiger partial charge < -0.3 is 4.57 Å². The molecule has 0 N–H and O–H groups in total. The number of nitrogens with zero attached hydrogens (tertiary/aromatic N) is 4. The predicted octanol–water partition coefficient (Wildman–Crippen LogP) is 4.61. The number of thiazole rings is 1. The van der Waals surface area contributed by atoms with Crippen molar-refractivity contribution in [2.45, 2.75) is 20.4 Å². The first-order valence-electron chi connectivity index (χ1n) is 8.27. The molecule has 0 aliphatic heterocycles. The standard InChI is InChI=1S/C19H17FN4O2S/c1-3-23-18(15-5-4-6-17(11-15)24(25)26)12-27-19(23)22-21-13(2)14-7-9-16(20)10-8-14/h4-12H,3H2,1-2H3/b21-13-,22-19-. The van der Waals surface area contributed by atoms with Gasteiger partial charge in [0.05, 0.1) is 16.3 Å². The molecule has 0 saturated heterocycles. The first kappa shape index (κ1) is 18.7. The number of hydrogen-bond acceptors (Lipinski definition) is 5. The molecule has 1 aromatic heterocycles. The molecule has 3 rings (SSSR count). The maximum atomic E-state index is 13.0. The van der Waals surface area contributed by atoms with E-state index in [1.165, 1.54) is 29.5 Å². The van der Waals surface area contributed by atoms with E-state index < -0.39 is 4.92 Å². The highest BCUT2D eigenvalue weighted by atomic mass is 32.1. The van der Waals surface area contributed by atoms with Crippen LogP contribution in [0.25, 0.3) is 11.3 Å². The van der Waals surface area contributed by atoms with Crippen molar-refractivity contribution in [2.24, 2.45) is 10.2 Å². The molecule has 0 aliphatic rings. The van der Waals surface area contributed by atoms with Gasteiger partial charge in [0.1, 0.15) is 5.82 Å². The Morgan fingerprint density at radius 2 is 2.00 bits per heavy atom. The van der Waals surface area contributed by atoms with Crippen LogP contribution in [0.2, 0.25) is 0 Å². The second-order valence-electron chi connectivity index (χ2n) is 5.75. The van der Waals surface area contributed by atoms with E-state index in [0.717, 1.165) is 16.8 Å². The minimum atomic E-state index is -0.409. The lowest BCUT2D eigenvalue weighted by Gasteiger charge is -2.05. The van der Waals surface area contributed by atoms with Gasteiger partial charge >= 0.3 is 0 Å². The Hall–Kier alpha value is -3.13. The highest BCUT2D eigenvalue weighted by molar-refractivity contribution is 7.07. The molecule has 0 saturated carbocycles. The Morgan fingerprint density at radius 1 is 1.26 bits per heavy atom. The van der Waals surface area contributed by atoms with Gasteiger partial charge in [0.25, 0.3) is 5.69 Å². The summed E-state index contributed by atoms with van der Waals surface area (Å²) in [5.41, 5.74) is 3.11. The van der Waals surface area contributed by atoms with Crippen LogP contribution < -0.4 is 4.80 Å². The van der Waals surface area contributed by atoms with Crippen LogP contribution in [-0.4, -0.2) is 15.2 Å². The van der Waals surface area contributed by atoms with Crippen LogP contribution in [0.5, 0.6) is 0 Å². The van der Waals surface area contributed by atoms with Gasteiger partial charge in [-0.1, -0.05) is 24.3 Å². The van der Waals surface area contributed by atoms with Crippen molar-refractivity contribution in [1.82, 2.24) is 4.57 Å². The molecule has 2 aromatic carbocycles. The maximum absolute atomic E-state index is 13.0. The SMILES string of the molecule is CCn1c(-c2cccc([N+](=O)[O-])c2)cs/c1=N\N=C(\C)c1ccc(F)cc1. The van der Waals surface area contributed by atoms with E-state index in [9.17, 15) is 14.5 Å². The molecule has 138 valence electrons. The lowest BCUT2D eigenvalue weighted by atomic mass is 10.1. The Bertz CT molecular complexity index is 1070. The summed E-state index contributed by atoms with van der Waals surface area (Å²) in [4.78, 5) is 11.3. The summed E-state index contributed by atoms with van der Waals surface area (Å²) in [5.74, 6) is -0.299. The van der Waals surface area contributed by atoms with Crippen molar-refractivity contribution in [3.63, 3.8) is 0 Å². The van der Waals surface area contributed by atoms with Gasteiger partial charge in [0, 0.05) is 29.6 Å². The quantitative estimate of drug-likeness (QED) is 0.366. The lowest BCUT2D eigenvalue weighted by Crippen LogP contribution is -2.14. The van der Waals surface area contributed by atoms with E-state index in [1.54, 1.807) is 24.3 Å². The van der Waals surface area contributed by atoms with E-state index >= 15 is 0 Å². The zero-order valence-electron chi connectivity index (χ0n) is 14.8. The highest BCUT2D eigenvalue weighted by Crippen LogP contribution is 2.24. The normalized spacial score (nSPS) is 12.4. The number of non-ortho nitro benzene ring substituents is 1. The topological polar surface area (TPSA) is 72.8 Å². The summed E-state index contributed by atoms with van der Waals surface area (Å²) in [6.45, 7) is 4.43. The second-order valence-corrected chi connectivity index (χ2v) is 6.58. The summed E-state index contributed by atoms with van der Waals surface area (Å²) in [6, 6.07) is 12.6. The van der Waals surface area contributed by atoms with Gasteiger partial charge in [-0.3, -0.25) is 10.1 Å². The lowest BCUT2D eigenvalue weighted by molar-refractivity contribution is -0.384. The molecule has 0 amide bonds. The van der Waals surface area contributed by atoms with Crippen LogP contribution in [-0.2, 0) is 6.54 Å². The van der Waals surface area contributed by atoms with E-state index in [2.05, 4.69) is 10.2 Å². The first-order valence-corrected chi connectivity index (χ1v) is 9.15. The zero-order chi connectivity index (χ0) is 19.4. The van der Waals surface area contributed by atoms with E-state index in [4.69, 9.17) is 0 Å². The van der Waals surface area contributed by atoms with E-state index in [1.807, 2.05) is 29.9 Å².